The number of carbonyl (C=O) groups is 2. The van der Waals surface area contributed by atoms with Crippen molar-refractivity contribution < 1.29 is 28.9 Å². The van der Waals surface area contributed by atoms with Crippen LogP contribution < -0.4 is 10.1 Å². The maximum atomic E-state index is 13.8. The lowest BCUT2D eigenvalue weighted by Gasteiger charge is -2.41. The summed E-state index contributed by atoms with van der Waals surface area (Å²) in [6, 6.07) is 13.0. The Morgan fingerprint density at radius 3 is 2.61 bits per heavy atom. The minimum atomic E-state index is -1.08. The third-order valence-electron chi connectivity index (χ3n) is 7.23. The van der Waals surface area contributed by atoms with Crippen LogP contribution in [0, 0.1) is 15.3 Å². The van der Waals surface area contributed by atoms with Crippen LogP contribution in [0.1, 0.15) is 37.7 Å². The molecule has 0 heterocycles. The first-order valence-electron chi connectivity index (χ1n) is 13.1. The van der Waals surface area contributed by atoms with Crippen LogP contribution in [0.2, 0.25) is 0 Å². The van der Waals surface area contributed by atoms with Crippen LogP contribution in [0.5, 0.6) is 5.75 Å². The van der Waals surface area contributed by atoms with E-state index in [9.17, 15) is 24.2 Å². The van der Waals surface area contributed by atoms with E-state index < -0.39 is 18.2 Å². The van der Waals surface area contributed by atoms with E-state index in [-0.39, 0.29) is 49.7 Å². The summed E-state index contributed by atoms with van der Waals surface area (Å²) < 4.78 is 20.9. The fourth-order valence-electron chi connectivity index (χ4n) is 5.26. The number of halogens is 2. The van der Waals surface area contributed by atoms with Gasteiger partial charge in [0.25, 0.3) is 0 Å². The molecule has 3 atom stereocenters. The molecule has 9 heteroatoms. The minimum absolute atomic E-state index is 0.0481. The van der Waals surface area contributed by atoms with Gasteiger partial charge in [-0.05, 0) is 77.8 Å². The van der Waals surface area contributed by atoms with Crippen LogP contribution in [0.25, 0.3) is 0 Å². The molecular formula is C29H34FIN2O5. The van der Waals surface area contributed by atoms with E-state index in [0.717, 1.165) is 34.8 Å². The first-order valence-corrected chi connectivity index (χ1v) is 14.2. The van der Waals surface area contributed by atoms with Crippen molar-refractivity contribution in [2.45, 2.75) is 56.8 Å². The van der Waals surface area contributed by atoms with E-state index in [2.05, 4.69) is 27.9 Å². The van der Waals surface area contributed by atoms with E-state index in [0.29, 0.717) is 17.7 Å². The molecule has 2 amide bonds. The molecule has 1 fully saturated rings. The Balaban J connectivity index is 1.64. The number of nitrogens with one attached hydrogen (secondary N) is 1. The van der Waals surface area contributed by atoms with Crippen LogP contribution in [-0.4, -0.2) is 64.9 Å². The molecule has 0 radical (unpaired) electrons. The molecule has 4 rings (SSSR count). The summed E-state index contributed by atoms with van der Waals surface area (Å²) in [5.41, 5.74) is 1.14. The molecule has 2 aliphatic carbocycles. The molecule has 0 spiro atoms. The number of nitrogens with zero attached hydrogens (tertiary/aromatic N) is 1. The molecule has 1 saturated carbocycles. The Morgan fingerprint density at radius 1 is 1.13 bits per heavy atom. The number of hydrogen-bond acceptors (Lipinski definition) is 5. The van der Waals surface area contributed by atoms with Gasteiger partial charge in [0, 0.05) is 31.0 Å². The van der Waals surface area contributed by atoms with Crippen molar-refractivity contribution in [3.8, 4) is 5.75 Å². The number of amides is 2. The Hall–Kier alpha value is -2.50. The summed E-state index contributed by atoms with van der Waals surface area (Å²) in [5, 5.41) is 23.4. The summed E-state index contributed by atoms with van der Waals surface area (Å²) in [4.78, 5) is 28.4. The smallest absolute Gasteiger partial charge is 0.247 e. The number of rotatable bonds is 10. The summed E-state index contributed by atoms with van der Waals surface area (Å²) in [5.74, 6) is -0.330. The molecule has 7 nitrogen and oxygen atoms in total. The predicted molar refractivity (Wildman–Crippen MR) is 150 cm³/mol. The van der Waals surface area contributed by atoms with Crippen LogP contribution in [0.15, 0.2) is 60.2 Å². The van der Waals surface area contributed by atoms with E-state index in [4.69, 9.17) is 4.74 Å². The Bertz CT molecular complexity index is 1150. The Morgan fingerprint density at radius 2 is 1.89 bits per heavy atom. The van der Waals surface area contributed by atoms with E-state index in [1.165, 1.54) is 12.1 Å². The molecule has 0 aromatic heterocycles. The van der Waals surface area contributed by atoms with Gasteiger partial charge < -0.3 is 25.2 Å². The van der Waals surface area contributed by atoms with Gasteiger partial charge in [0.1, 0.15) is 23.8 Å². The fraction of sp³-hybridized carbons (Fsp3) is 0.448. The lowest BCUT2D eigenvalue weighted by molar-refractivity contribution is -0.142. The highest BCUT2D eigenvalue weighted by Gasteiger charge is 2.42. The highest BCUT2D eigenvalue weighted by Crippen LogP contribution is 2.33. The van der Waals surface area contributed by atoms with Gasteiger partial charge in [-0.2, -0.15) is 0 Å². The van der Waals surface area contributed by atoms with E-state index in [1.807, 2.05) is 24.3 Å². The average Bonchev–Trinajstić information content (AvgIpc) is 3.45. The second-order valence-corrected chi connectivity index (χ2v) is 11.0. The quantitative estimate of drug-likeness (QED) is 0.347. The number of hydrogen-bond donors (Lipinski definition) is 3. The molecule has 38 heavy (non-hydrogen) atoms. The van der Waals surface area contributed by atoms with Crippen LogP contribution in [-0.2, 0) is 16.0 Å². The Kier molecular flexibility index (Phi) is 10.1. The lowest BCUT2D eigenvalue weighted by Crippen LogP contribution is -2.56. The van der Waals surface area contributed by atoms with Crippen LogP contribution in [0.3, 0.4) is 0 Å². The summed E-state index contributed by atoms with van der Waals surface area (Å²) in [7, 11) is 0. The first kappa shape index (κ1) is 28.5. The monoisotopic (exact) mass is 636 g/mol. The van der Waals surface area contributed by atoms with Gasteiger partial charge in [0.2, 0.25) is 11.8 Å². The van der Waals surface area contributed by atoms with Gasteiger partial charge in [0.05, 0.1) is 16.2 Å². The zero-order chi connectivity index (χ0) is 27.1. The van der Waals surface area contributed by atoms with Crippen molar-refractivity contribution in [1.29, 1.82) is 0 Å². The van der Waals surface area contributed by atoms with Crippen molar-refractivity contribution >= 4 is 34.4 Å². The SMILES string of the molecule is O=C(NCCO)C1=CC(Oc2ccccc2I)C(O)C(N(CCc2cccc(F)c2)C(=O)C2CCCC2)C1. The normalized spacial score (nSPS) is 21.6. The van der Waals surface area contributed by atoms with Gasteiger partial charge in [-0.15, -0.1) is 0 Å². The van der Waals surface area contributed by atoms with Crippen LogP contribution >= 0.6 is 22.6 Å². The van der Waals surface area contributed by atoms with Gasteiger partial charge in [-0.3, -0.25) is 9.59 Å². The fourth-order valence-corrected chi connectivity index (χ4v) is 5.77. The number of aliphatic hydroxyl groups excluding tert-OH is 2. The maximum Gasteiger partial charge on any atom is 0.247 e. The molecule has 3 unspecified atom stereocenters. The maximum absolute atomic E-state index is 13.8. The Labute approximate surface area is 236 Å². The summed E-state index contributed by atoms with van der Waals surface area (Å²) in [6.07, 6.45) is 3.76. The summed E-state index contributed by atoms with van der Waals surface area (Å²) in [6.45, 7) is 0.171. The molecule has 2 aliphatic rings. The number of carbonyl (C=O) groups excluding carboxylic acids is 2. The van der Waals surface area contributed by atoms with Gasteiger partial charge in [0.15, 0.2) is 0 Å². The third kappa shape index (κ3) is 7.12. The predicted octanol–water partition coefficient (Wildman–Crippen LogP) is 3.61. The molecule has 0 bridgehead atoms. The second-order valence-electron chi connectivity index (χ2n) is 9.84. The number of benzene rings is 2. The molecule has 2 aromatic carbocycles. The van der Waals surface area contributed by atoms with Crippen molar-refractivity contribution in [3.63, 3.8) is 0 Å². The van der Waals surface area contributed by atoms with Gasteiger partial charge in [-0.1, -0.05) is 37.1 Å². The topological polar surface area (TPSA) is 99.1 Å². The first-order chi connectivity index (χ1) is 18.4. The van der Waals surface area contributed by atoms with E-state index >= 15 is 0 Å². The zero-order valence-electron chi connectivity index (χ0n) is 21.2. The van der Waals surface area contributed by atoms with Crippen molar-refractivity contribution in [1.82, 2.24) is 10.2 Å². The second kappa shape index (κ2) is 13.5. The zero-order valence-corrected chi connectivity index (χ0v) is 23.3. The lowest BCUT2D eigenvalue weighted by atomic mass is 9.87. The molecule has 0 saturated heterocycles. The van der Waals surface area contributed by atoms with E-state index in [1.54, 1.807) is 23.1 Å². The van der Waals surface area contributed by atoms with Crippen molar-refractivity contribution in [2.75, 3.05) is 19.7 Å². The molecular weight excluding hydrogens is 602 g/mol. The van der Waals surface area contributed by atoms with Crippen molar-refractivity contribution in [3.05, 3.63) is 75.1 Å². The minimum Gasteiger partial charge on any atom is -0.482 e. The largest absolute Gasteiger partial charge is 0.482 e. The highest BCUT2D eigenvalue weighted by atomic mass is 127. The highest BCUT2D eigenvalue weighted by molar-refractivity contribution is 14.1. The van der Waals surface area contributed by atoms with Gasteiger partial charge in [-0.25, -0.2) is 4.39 Å². The number of aliphatic hydroxyl groups is 2. The van der Waals surface area contributed by atoms with Crippen LogP contribution in [0.4, 0.5) is 4.39 Å². The number of ether oxygens (including phenoxy) is 1. The summed E-state index contributed by atoms with van der Waals surface area (Å²) >= 11 is 2.15. The molecule has 3 N–H and O–H groups in total. The standard InChI is InChI=1S/C29H34FIN2O5/c30-22-9-5-6-19(16-22)12-14-33(29(37)20-7-1-2-8-20)24-17-21(28(36)32-13-15-34)18-26(27(24)35)38-25-11-4-3-10-23(25)31/h3-6,9-11,16,18,20,24,26-27,34-35H,1-2,7-8,12-15,17H2,(H,32,36). The molecule has 2 aromatic rings. The average molecular weight is 637 g/mol. The van der Waals surface area contributed by atoms with Gasteiger partial charge >= 0.3 is 0 Å². The molecule has 0 aliphatic heterocycles. The van der Waals surface area contributed by atoms with Crippen molar-refractivity contribution in [2.24, 2.45) is 5.92 Å². The number of para-hydroxylation sites is 1. The third-order valence-corrected chi connectivity index (χ3v) is 8.12. The molecule has 204 valence electrons.